The van der Waals surface area contributed by atoms with Gasteiger partial charge in [-0.1, -0.05) is 0 Å². The number of nitrogens with zero attached hydrogens (tertiary/aromatic N) is 2. The fourth-order valence-corrected chi connectivity index (χ4v) is 0.877. The van der Waals surface area contributed by atoms with E-state index in [-0.39, 0.29) is 11.3 Å². The number of amides is 1. The van der Waals surface area contributed by atoms with Crippen molar-refractivity contribution >= 4 is 5.91 Å². The van der Waals surface area contributed by atoms with Crippen LogP contribution >= 0.6 is 0 Å². The molecule has 0 aliphatic heterocycles. The molecule has 0 atom stereocenters. The Morgan fingerprint density at radius 3 is 2.71 bits per heavy atom. The van der Waals surface area contributed by atoms with Crippen LogP contribution in [-0.2, 0) is 0 Å². The molecule has 0 aliphatic carbocycles. The molecule has 6 heteroatoms. The number of primary amides is 1. The first kappa shape index (κ1) is 10.1. The number of carbonyl (C=O) groups excluding carboxylic acids is 1. The molecule has 72 valence electrons. The largest absolute Gasteiger partial charge is 0.366 e. The molecule has 1 rings (SSSR count). The van der Waals surface area contributed by atoms with E-state index in [1.54, 1.807) is 6.07 Å². The number of nitrogens with two attached hydrogens (primary N) is 1. The van der Waals surface area contributed by atoms with Crippen molar-refractivity contribution < 1.29 is 13.6 Å². The monoisotopic (exact) mass is 197 g/mol. The van der Waals surface area contributed by atoms with Gasteiger partial charge in [0, 0.05) is 11.8 Å². The minimum absolute atomic E-state index is 0.248. The van der Waals surface area contributed by atoms with Crippen LogP contribution in [0.25, 0.3) is 0 Å². The van der Waals surface area contributed by atoms with Crippen LogP contribution in [0.1, 0.15) is 28.0 Å². The minimum atomic E-state index is -2.74. The van der Waals surface area contributed by atoms with Crippen molar-refractivity contribution in [1.82, 2.24) is 4.98 Å². The summed E-state index contributed by atoms with van der Waals surface area (Å²) in [6.45, 7) is 0. The average molecular weight is 197 g/mol. The van der Waals surface area contributed by atoms with E-state index in [9.17, 15) is 13.6 Å². The van der Waals surface area contributed by atoms with Crippen LogP contribution in [0.4, 0.5) is 8.78 Å². The lowest BCUT2D eigenvalue weighted by Crippen LogP contribution is -2.14. The van der Waals surface area contributed by atoms with Gasteiger partial charge in [0.25, 0.3) is 12.3 Å². The third-order valence-corrected chi connectivity index (χ3v) is 1.53. The first-order valence-electron chi connectivity index (χ1n) is 3.54. The maximum Gasteiger partial charge on any atom is 0.265 e. The van der Waals surface area contributed by atoms with E-state index in [1.807, 2.05) is 0 Å². The number of carbonyl (C=O) groups is 1. The Bertz CT molecular complexity index is 412. The predicted octanol–water partition coefficient (Wildman–Crippen LogP) is 0.990. The van der Waals surface area contributed by atoms with Gasteiger partial charge in [-0.25, -0.2) is 13.8 Å². The molecule has 1 amide bonds. The molecule has 0 radical (unpaired) electrons. The highest BCUT2D eigenvalue weighted by molar-refractivity contribution is 5.94. The van der Waals surface area contributed by atoms with Gasteiger partial charge in [-0.05, 0) is 6.07 Å². The highest BCUT2D eigenvalue weighted by Crippen LogP contribution is 2.19. The number of hydrogen-bond acceptors (Lipinski definition) is 3. The van der Waals surface area contributed by atoms with E-state index >= 15 is 0 Å². The van der Waals surface area contributed by atoms with Crippen LogP contribution in [0.5, 0.6) is 0 Å². The zero-order valence-corrected chi connectivity index (χ0v) is 6.87. The highest BCUT2D eigenvalue weighted by atomic mass is 19.3. The van der Waals surface area contributed by atoms with Gasteiger partial charge in [-0.15, -0.1) is 0 Å². The fraction of sp³-hybridized carbons (Fsp3) is 0.125. The Labute approximate surface area is 78.0 Å². The van der Waals surface area contributed by atoms with Crippen LogP contribution in [0.2, 0.25) is 0 Å². The average Bonchev–Trinajstić information content (AvgIpc) is 2.16. The summed E-state index contributed by atoms with van der Waals surface area (Å²) in [5.41, 5.74) is 3.92. The van der Waals surface area contributed by atoms with Gasteiger partial charge in [0.1, 0.15) is 6.07 Å². The molecule has 1 aromatic heterocycles. The molecular weight excluding hydrogens is 192 g/mol. The second kappa shape index (κ2) is 3.79. The summed E-state index contributed by atoms with van der Waals surface area (Å²) in [6, 6.07) is 2.46. The molecule has 0 aromatic carbocycles. The summed E-state index contributed by atoms with van der Waals surface area (Å²) in [5.74, 6) is -0.948. The van der Waals surface area contributed by atoms with Crippen LogP contribution in [0, 0.1) is 11.3 Å². The van der Waals surface area contributed by atoms with E-state index in [1.165, 1.54) is 0 Å². The van der Waals surface area contributed by atoms with Crippen molar-refractivity contribution in [3.05, 3.63) is 29.1 Å². The lowest BCUT2D eigenvalue weighted by molar-refractivity contribution is 0.0999. The maximum absolute atomic E-state index is 12.2. The van der Waals surface area contributed by atoms with E-state index in [4.69, 9.17) is 11.0 Å². The molecule has 0 saturated carbocycles. The van der Waals surface area contributed by atoms with Crippen LogP contribution in [0.3, 0.4) is 0 Å². The molecule has 0 bridgehead atoms. The third kappa shape index (κ3) is 1.82. The van der Waals surface area contributed by atoms with Crippen LogP contribution in [-0.4, -0.2) is 10.9 Å². The van der Waals surface area contributed by atoms with Crippen LogP contribution < -0.4 is 5.73 Å². The SMILES string of the molecule is N#Cc1ncc(C(F)F)cc1C(N)=O. The molecule has 1 aromatic rings. The Morgan fingerprint density at radius 2 is 2.29 bits per heavy atom. The topological polar surface area (TPSA) is 79.8 Å². The lowest BCUT2D eigenvalue weighted by atomic mass is 10.1. The van der Waals surface area contributed by atoms with Gasteiger partial charge >= 0.3 is 0 Å². The molecule has 0 fully saturated rings. The van der Waals surface area contributed by atoms with E-state index in [2.05, 4.69) is 4.98 Å². The zero-order chi connectivity index (χ0) is 10.7. The second-order valence-corrected chi connectivity index (χ2v) is 2.44. The maximum atomic E-state index is 12.2. The summed E-state index contributed by atoms with van der Waals surface area (Å²) in [4.78, 5) is 14.1. The zero-order valence-electron chi connectivity index (χ0n) is 6.87. The quantitative estimate of drug-likeness (QED) is 0.767. The number of hydrogen-bond donors (Lipinski definition) is 1. The Balaban J connectivity index is 3.30. The summed E-state index contributed by atoms with van der Waals surface area (Å²) >= 11 is 0. The summed E-state index contributed by atoms with van der Waals surface area (Å²) in [7, 11) is 0. The smallest absolute Gasteiger partial charge is 0.265 e. The Hall–Kier alpha value is -2.03. The number of pyridine rings is 1. The molecular formula is C8H5F2N3O. The Morgan fingerprint density at radius 1 is 1.64 bits per heavy atom. The normalized spacial score (nSPS) is 9.86. The summed E-state index contributed by atoms with van der Waals surface area (Å²) in [6.07, 6.45) is -1.90. The van der Waals surface area contributed by atoms with Gasteiger partial charge < -0.3 is 5.73 Å². The predicted molar refractivity (Wildman–Crippen MR) is 42.4 cm³/mol. The van der Waals surface area contributed by atoms with E-state index < -0.39 is 17.9 Å². The number of nitriles is 1. The standard InChI is InChI=1S/C8H5F2N3O/c9-7(10)4-1-5(8(12)14)6(2-11)13-3-4/h1,3,7H,(H2,12,14). The van der Waals surface area contributed by atoms with Gasteiger partial charge in [0.2, 0.25) is 0 Å². The van der Waals surface area contributed by atoms with Gasteiger partial charge in [0.15, 0.2) is 5.69 Å². The van der Waals surface area contributed by atoms with E-state index in [0.717, 1.165) is 12.3 Å². The second-order valence-electron chi connectivity index (χ2n) is 2.44. The van der Waals surface area contributed by atoms with Gasteiger partial charge in [-0.2, -0.15) is 5.26 Å². The van der Waals surface area contributed by atoms with Crippen molar-refractivity contribution in [2.24, 2.45) is 5.73 Å². The number of halogens is 2. The summed E-state index contributed by atoms with van der Waals surface area (Å²) in [5, 5.41) is 8.49. The van der Waals surface area contributed by atoms with Gasteiger partial charge in [0.05, 0.1) is 5.56 Å². The van der Waals surface area contributed by atoms with Crippen LogP contribution in [0.15, 0.2) is 12.3 Å². The summed E-state index contributed by atoms with van der Waals surface area (Å²) < 4.78 is 24.3. The fourth-order valence-electron chi connectivity index (χ4n) is 0.877. The number of aromatic nitrogens is 1. The first-order chi connectivity index (χ1) is 6.56. The molecule has 0 spiro atoms. The van der Waals surface area contributed by atoms with Crippen molar-refractivity contribution in [2.75, 3.05) is 0 Å². The third-order valence-electron chi connectivity index (χ3n) is 1.53. The minimum Gasteiger partial charge on any atom is -0.366 e. The van der Waals surface area contributed by atoms with Crippen molar-refractivity contribution in [3.63, 3.8) is 0 Å². The van der Waals surface area contributed by atoms with Crippen molar-refractivity contribution in [1.29, 1.82) is 5.26 Å². The highest BCUT2D eigenvalue weighted by Gasteiger charge is 2.14. The molecule has 0 aliphatic rings. The Kier molecular flexibility index (Phi) is 2.72. The van der Waals surface area contributed by atoms with Gasteiger partial charge in [-0.3, -0.25) is 4.79 Å². The molecule has 2 N–H and O–H groups in total. The lowest BCUT2D eigenvalue weighted by Gasteiger charge is -2.02. The van der Waals surface area contributed by atoms with Crippen molar-refractivity contribution in [3.8, 4) is 6.07 Å². The number of rotatable bonds is 2. The van der Waals surface area contributed by atoms with E-state index in [0.29, 0.717) is 0 Å². The number of alkyl halides is 2. The molecule has 1 heterocycles. The molecule has 4 nitrogen and oxygen atoms in total. The molecule has 14 heavy (non-hydrogen) atoms. The molecule has 0 unspecified atom stereocenters. The molecule has 0 saturated heterocycles. The van der Waals surface area contributed by atoms with Crippen molar-refractivity contribution in [2.45, 2.75) is 6.43 Å². The first-order valence-corrected chi connectivity index (χ1v) is 3.54.